The Hall–Kier alpha value is -2.34. The van der Waals surface area contributed by atoms with Crippen LogP contribution in [0.5, 0.6) is 5.75 Å². The standard InChI is InChI=1S/C21H25NO4S/c1-26-18-12-10-16(11-13-18)20-9-4-3-5-14-22(20)21(23)17-7-6-8-19(15-17)27(2,24)25/h6-8,10-13,15,20H,3-5,9,14H2,1-2H3. The van der Waals surface area contributed by atoms with Gasteiger partial charge in [-0.25, -0.2) is 8.42 Å². The Morgan fingerprint density at radius 3 is 2.48 bits per heavy atom. The molecule has 0 spiro atoms. The van der Waals surface area contributed by atoms with E-state index in [4.69, 9.17) is 4.74 Å². The Balaban J connectivity index is 1.94. The second kappa shape index (κ2) is 8.13. The summed E-state index contributed by atoms with van der Waals surface area (Å²) >= 11 is 0. The molecular weight excluding hydrogens is 362 g/mol. The molecule has 0 saturated carbocycles. The van der Waals surface area contributed by atoms with E-state index in [2.05, 4.69) is 0 Å². The summed E-state index contributed by atoms with van der Waals surface area (Å²) in [6.45, 7) is 0.665. The zero-order chi connectivity index (χ0) is 19.4. The molecule has 0 radical (unpaired) electrons. The maximum absolute atomic E-state index is 13.2. The Labute approximate surface area is 160 Å². The fourth-order valence-corrected chi connectivity index (χ4v) is 4.22. The number of hydrogen-bond acceptors (Lipinski definition) is 4. The molecule has 6 heteroatoms. The molecule has 144 valence electrons. The lowest BCUT2D eigenvalue weighted by atomic mass is 10.00. The SMILES string of the molecule is COc1ccc(C2CCCCCN2C(=O)c2cccc(S(C)(=O)=O)c2)cc1. The molecule has 1 aliphatic heterocycles. The van der Waals surface area contributed by atoms with Gasteiger partial charge in [-0.1, -0.05) is 31.0 Å². The van der Waals surface area contributed by atoms with Crippen molar-refractivity contribution in [2.24, 2.45) is 0 Å². The van der Waals surface area contributed by atoms with Crippen LogP contribution in [0.4, 0.5) is 0 Å². The molecule has 3 rings (SSSR count). The number of carbonyl (C=O) groups is 1. The third-order valence-electron chi connectivity index (χ3n) is 5.02. The van der Waals surface area contributed by atoms with E-state index in [0.717, 1.165) is 43.3 Å². The number of hydrogen-bond donors (Lipinski definition) is 0. The van der Waals surface area contributed by atoms with E-state index < -0.39 is 9.84 Å². The maximum atomic E-state index is 13.2. The Bertz CT molecular complexity index is 906. The molecule has 27 heavy (non-hydrogen) atoms. The van der Waals surface area contributed by atoms with Gasteiger partial charge in [0.05, 0.1) is 18.0 Å². The number of amides is 1. The summed E-state index contributed by atoms with van der Waals surface area (Å²) in [5.41, 5.74) is 1.49. The first-order valence-electron chi connectivity index (χ1n) is 9.15. The molecule has 5 nitrogen and oxygen atoms in total. The van der Waals surface area contributed by atoms with Crippen molar-refractivity contribution in [3.05, 3.63) is 59.7 Å². The number of methoxy groups -OCH3 is 1. The van der Waals surface area contributed by atoms with Gasteiger partial charge in [-0.2, -0.15) is 0 Å². The molecule has 1 heterocycles. The molecule has 0 N–H and O–H groups in total. The van der Waals surface area contributed by atoms with Gasteiger partial charge in [-0.15, -0.1) is 0 Å². The summed E-state index contributed by atoms with van der Waals surface area (Å²) in [6, 6.07) is 14.1. The first-order valence-corrected chi connectivity index (χ1v) is 11.0. The molecule has 0 bridgehead atoms. The van der Waals surface area contributed by atoms with E-state index in [9.17, 15) is 13.2 Å². The molecule has 2 aromatic rings. The number of nitrogens with zero attached hydrogens (tertiary/aromatic N) is 1. The van der Waals surface area contributed by atoms with Crippen molar-refractivity contribution >= 4 is 15.7 Å². The van der Waals surface area contributed by atoms with E-state index in [1.54, 1.807) is 19.2 Å². The largest absolute Gasteiger partial charge is 0.497 e. The van der Waals surface area contributed by atoms with Gasteiger partial charge in [-0.05, 0) is 48.7 Å². The molecule has 1 saturated heterocycles. The Morgan fingerprint density at radius 2 is 1.81 bits per heavy atom. The topological polar surface area (TPSA) is 63.7 Å². The van der Waals surface area contributed by atoms with E-state index in [1.165, 1.54) is 12.1 Å². The van der Waals surface area contributed by atoms with Crippen LogP contribution in [0.25, 0.3) is 0 Å². The average molecular weight is 388 g/mol. The predicted octanol–water partition coefficient (Wildman–Crippen LogP) is 3.86. The van der Waals surface area contributed by atoms with Crippen molar-refractivity contribution in [2.45, 2.75) is 36.6 Å². The van der Waals surface area contributed by atoms with Gasteiger partial charge < -0.3 is 9.64 Å². The molecular formula is C21H25NO4S. The molecule has 1 amide bonds. The lowest BCUT2D eigenvalue weighted by molar-refractivity contribution is 0.0680. The van der Waals surface area contributed by atoms with Crippen LogP contribution in [-0.2, 0) is 9.84 Å². The van der Waals surface area contributed by atoms with E-state index in [-0.39, 0.29) is 16.8 Å². The summed E-state index contributed by atoms with van der Waals surface area (Å²) < 4.78 is 28.9. The van der Waals surface area contributed by atoms with Crippen LogP contribution in [0, 0.1) is 0 Å². The predicted molar refractivity (Wildman–Crippen MR) is 105 cm³/mol. The summed E-state index contributed by atoms with van der Waals surface area (Å²) in [4.78, 5) is 15.3. The van der Waals surface area contributed by atoms with Gasteiger partial charge in [0.1, 0.15) is 5.75 Å². The van der Waals surface area contributed by atoms with E-state index >= 15 is 0 Å². The van der Waals surface area contributed by atoms with Crippen LogP contribution in [0.15, 0.2) is 53.4 Å². The molecule has 1 aliphatic rings. The van der Waals surface area contributed by atoms with Crippen LogP contribution < -0.4 is 4.74 Å². The summed E-state index contributed by atoms with van der Waals surface area (Å²) in [7, 11) is -1.72. The third-order valence-corrected chi connectivity index (χ3v) is 6.13. The number of benzene rings is 2. The molecule has 0 aromatic heterocycles. The molecule has 1 unspecified atom stereocenters. The monoisotopic (exact) mass is 387 g/mol. The minimum Gasteiger partial charge on any atom is -0.497 e. The van der Waals surface area contributed by atoms with Gasteiger partial charge in [0.2, 0.25) is 0 Å². The average Bonchev–Trinajstić information content (AvgIpc) is 2.93. The van der Waals surface area contributed by atoms with Gasteiger partial charge in [0.25, 0.3) is 5.91 Å². The van der Waals surface area contributed by atoms with Gasteiger partial charge in [-0.3, -0.25) is 4.79 Å². The van der Waals surface area contributed by atoms with E-state index in [0.29, 0.717) is 12.1 Å². The summed E-state index contributed by atoms with van der Waals surface area (Å²) in [6.07, 6.45) is 5.14. The number of ether oxygens (including phenoxy) is 1. The van der Waals surface area contributed by atoms with Gasteiger partial charge in [0, 0.05) is 18.4 Å². The third kappa shape index (κ3) is 4.50. The highest BCUT2D eigenvalue weighted by Crippen LogP contribution is 2.32. The summed E-state index contributed by atoms with van der Waals surface area (Å²) in [5.74, 6) is 0.661. The van der Waals surface area contributed by atoms with Crippen molar-refractivity contribution in [1.82, 2.24) is 4.90 Å². The number of sulfone groups is 1. The zero-order valence-corrected chi connectivity index (χ0v) is 16.5. The second-order valence-electron chi connectivity index (χ2n) is 6.94. The fraction of sp³-hybridized carbons (Fsp3) is 0.381. The molecule has 2 aromatic carbocycles. The fourth-order valence-electron chi connectivity index (χ4n) is 3.55. The van der Waals surface area contributed by atoms with Crippen molar-refractivity contribution in [3.8, 4) is 5.75 Å². The van der Waals surface area contributed by atoms with Crippen molar-refractivity contribution in [3.63, 3.8) is 0 Å². The molecule has 1 atom stereocenters. The van der Waals surface area contributed by atoms with Gasteiger partial charge >= 0.3 is 0 Å². The van der Waals surface area contributed by atoms with E-state index in [1.807, 2.05) is 29.2 Å². The van der Waals surface area contributed by atoms with Crippen molar-refractivity contribution in [1.29, 1.82) is 0 Å². The maximum Gasteiger partial charge on any atom is 0.254 e. The van der Waals surface area contributed by atoms with Crippen LogP contribution in [0.3, 0.4) is 0 Å². The normalized spacial score (nSPS) is 18.0. The second-order valence-corrected chi connectivity index (χ2v) is 8.95. The van der Waals surface area contributed by atoms with Crippen LogP contribution in [0.1, 0.15) is 47.6 Å². The van der Waals surface area contributed by atoms with Crippen molar-refractivity contribution < 1.29 is 17.9 Å². The first kappa shape index (κ1) is 19.4. The van der Waals surface area contributed by atoms with Crippen molar-refractivity contribution in [2.75, 3.05) is 19.9 Å². The lowest BCUT2D eigenvalue weighted by Crippen LogP contribution is -2.34. The smallest absolute Gasteiger partial charge is 0.254 e. The van der Waals surface area contributed by atoms with Crippen LogP contribution in [0.2, 0.25) is 0 Å². The minimum atomic E-state index is -3.35. The quantitative estimate of drug-likeness (QED) is 0.799. The molecule has 1 fully saturated rings. The number of likely N-dealkylation sites (tertiary alicyclic amines) is 1. The number of rotatable bonds is 4. The van der Waals surface area contributed by atoms with Crippen LogP contribution in [-0.4, -0.2) is 39.1 Å². The highest BCUT2D eigenvalue weighted by Gasteiger charge is 2.28. The summed E-state index contributed by atoms with van der Waals surface area (Å²) in [5, 5.41) is 0. The Morgan fingerprint density at radius 1 is 1.07 bits per heavy atom. The molecule has 0 aliphatic carbocycles. The lowest BCUT2D eigenvalue weighted by Gasteiger charge is -2.31. The van der Waals surface area contributed by atoms with Gasteiger partial charge in [0.15, 0.2) is 9.84 Å². The minimum absolute atomic E-state index is 0.0206. The Kier molecular flexibility index (Phi) is 5.85. The number of carbonyl (C=O) groups excluding carboxylic acids is 1. The highest BCUT2D eigenvalue weighted by molar-refractivity contribution is 7.90. The highest BCUT2D eigenvalue weighted by atomic mass is 32.2. The zero-order valence-electron chi connectivity index (χ0n) is 15.7. The first-order chi connectivity index (χ1) is 12.9. The van der Waals surface area contributed by atoms with Crippen LogP contribution >= 0.6 is 0 Å².